The lowest BCUT2D eigenvalue weighted by atomic mass is 9.90. The summed E-state index contributed by atoms with van der Waals surface area (Å²) in [4.78, 5) is 7.77. The maximum atomic E-state index is 10.1. The zero-order chi connectivity index (χ0) is 14.8. The van der Waals surface area contributed by atoms with Crippen LogP contribution in [0, 0.1) is 5.41 Å². The minimum atomic E-state index is -0.361. The first-order valence-corrected chi connectivity index (χ1v) is 7.82. The van der Waals surface area contributed by atoms with Crippen LogP contribution < -0.4 is 4.74 Å². The summed E-state index contributed by atoms with van der Waals surface area (Å²) in [6, 6.07) is 5.82. The Morgan fingerprint density at radius 3 is 2.80 bits per heavy atom. The van der Waals surface area contributed by atoms with Gasteiger partial charge in [0.05, 0.1) is 23.7 Å². The molecule has 1 heterocycles. The number of imidazole rings is 1. The van der Waals surface area contributed by atoms with Gasteiger partial charge in [0.15, 0.2) is 5.16 Å². The van der Waals surface area contributed by atoms with E-state index in [1.165, 1.54) is 0 Å². The van der Waals surface area contributed by atoms with Gasteiger partial charge in [0.1, 0.15) is 5.75 Å². The monoisotopic (exact) mass is 294 g/mol. The summed E-state index contributed by atoms with van der Waals surface area (Å²) in [6.45, 7) is 8.72. The molecule has 0 aliphatic heterocycles. The SMILES string of the molecule is CCOc1ccc2nc(SCC(O)C(C)(C)C)[nH]c2c1. The highest BCUT2D eigenvalue weighted by Gasteiger charge is 2.22. The fraction of sp³-hybridized carbons (Fsp3) is 0.533. The number of nitrogens with one attached hydrogen (secondary N) is 1. The summed E-state index contributed by atoms with van der Waals surface area (Å²) in [5.74, 6) is 1.47. The highest BCUT2D eigenvalue weighted by atomic mass is 32.2. The first-order valence-electron chi connectivity index (χ1n) is 6.83. The van der Waals surface area contributed by atoms with Gasteiger partial charge in [0.25, 0.3) is 0 Å². The number of aromatic nitrogens is 2. The van der Waals surface area contributed by atoms with Crippen molar-refractivity contribution in [2.24, 2.45) is 5.41 Å². The van der Waals surface area contributed by atoms with E-state index in [9.17, 15) is 5.11 Å². The Morgan fingerprint density at radius 1 is 1.40 bits per heavy atom. The van der Waals surface area contributed by atoms with Crippen LogP contribution in [-0.4, -0.2) is 33.5 Å². The van der Waals surface area contributed by atoms with Gasteiger partial charge in [-0.25, -0.2) is 4.98 Å². The molecule has 0 aliphatic carbocycles. The number of hydrogen-bond donors (Lipinski definition) is 2. The van der Waals surface area contributed by atoms with Crippen LogP contribution >= 0.6 is 11.8 Å². The van der Waals surface area contributed by atoms with Crippen molar-refractivity contribution < 1.29 is 9.84 Å². The molecule has 20 heavy (non-hydrogen) atoms. The third kappa shape index (κ3) is 3.67. The van der Waals surface area contributed by atoms with Gasteiger partial charge < -0.3 is 14.8 Å². The molecule has 0 saturated heterocycles. The Labute approximate surface area is 123 Å². The molecule has 0 radical (unpaired) electrons. The smallest absolute Gasteiger partial charge is 0.166 e. The second kappa shape index (κ2) is 6.06. The Balaban J connectivity index is 2.08. The molecule has 1 aromatic carbocycles. The molecule has 0 aliphatic rings. The summed E-state index contributed by atoms with van der Waals surface area (Å²) in [6.07, 6.45) is -0.361. The quantitative estimate of drug-likeness (QED) is 0.829. The largest absolute Gasteiger partial charge is 0.494 e. The van der Waals surface area contributed by atoms with Crippen LogP contribution in [0.2, 0.25) is 0 Å². The lowest BCUT2D eigenvalue weighted by molar-refractivity contribution is 0.0842. The van der Waals surface area contributed by atoms with Gasteiger partial charge in [0.2, 0.25) is 0 Å². The van der Waals surface area contributed by atoms with Crippen LogP contribution in [-0.2, 0) is 0 Å². The fourth-order valence-corrected chi connectivity index (χ4v) is 2.86. The molecule has 2 aromatic rings. The molecule has 5 heteroatoms. The predicted molar refractivity (Wildman–Crippen MR) is 83.4 cm³/mol. The van der Waals surface area contributed by atoms with Crippen LogP contribution in [0.15, 0.2) is 23.4 Å². The number of thioether (sulfide) groups is 1. The molecule has 0 bridgehead atoms. The molecule has 4 nitrogen and oxygen atoms in total. The van der Waals surface area contributed by atoms with Gasteiger partial charge in [-0.15, -0.1) is 0 Å². The van der Waals surface area contributed by atoms with Crippen molar-refractivity contribution in [3.63, 3.8) is 0 Å². The normalized spacial score (nSPS) is 13.7. The molecule has 1 atom stereocenters. The lowest BCUT2D eigenvalue weighted by Gasteiger charge is -2.24. The van der Waals surface area contributed by atoms with Crippen molar-refractivity contribution in [3.8, 4) is 5.75 Å². The number of aliphatic hydroxyl groups excluding tert-OH is 1. The number of aromatic amines is 1. The summed E-state index contributed by atoms with van der Waals surface area (Å²) < 4.78 is 5.47. The number of H-pyrrole nitrogens is 1. The summed E-state index contributed by atoms with van der Waals surface area (Å²) in [7, 11) is 0. The zero-order valence-electron chi connectivity index (χ0n) is 12.4. The predicted octanol–water partition coefficient (Wildman–Crippen LogP) is 3.46. The Morgan fingerprint density at radius 2 is 2.15 bits per heavy atom. The molecule has 0 saturated carbocycles. The van der Waals surface area contributed by atoms with Crippen LogP contribution in [0.4, 0.5) is 0 Å². The average molecular weight is 294 g/mol. The fourth-order valence-electron chi connectivity index (χ4n) is 1.70. The van der Waals surface area contributed by atoms with E-state index in [-0.39, 0.29) is 11.5 Å². The van der Waals surface area contributed by atoms with E-state index in [0.717, 1.165) is 21.9 Å². The molecule has 0 spiro atoms. The van der Waals surface area contributed by atoms with Crippen LogP contribution in [0.3, 0.4) is 0 Å². The van der Waals surface area contributed by atoms with Gasteiger partial charge in [0, 0.05) is 11.8 Å². The second-order valence-corrected chi connectivity index (χ2v) is 6.86. The third-order valence-corrected chi connectivity index (χ3v) is 4.07. The van der Waals surface area contributed by atoms with Gasteiger partial charge in [-0.3, -0.25) is 0 Å². The van der Waals surface area contributed by atoms with Gasteiger partial charge in [-0.2, -0.15) is 0 Å². The van der Waals surface area contributed by atoms with Crippen molar-refractivity contribution in [2.45, 2.75) is 39.0 Å². The van der Waals surface area contributed by atoms with Crippen LogP contribution in [0.1, 0.15) is 27.7 Å². The van der Waals surface area contributed by atoms with E-state index in [4.69, 9.17) is 4.74 Å². The zero-order valence-corrected chi connectivity index (χ0v) is 13.3. The molecule has 1 aromatic heterocycles. The highest BCUT2D eigenvalue weighted by Crippen LogP contribution is 2.27. The first kappa shape index (κ1) is 15.2. The number of hydrogen-bond acceptors (Lipinski definition) is 4. The van der Waals surface area contributed by atoms with E-state index in [0.29, 0.717) is 12.4 Å². The van der Waals surface area contributed by atoms with Gasteiger partial charge in [-0.05, 0) is 24.5 Å². The van der Waals surface area contributed by atoms with Gasteiger partial charge in [-0.1, -0.05) is 32.5 Å². The van der Waals surface area contributed by atoms with Crippen LogP contribution in [0.5, 0.6) is 5.75 Å². The molecule has 0 amide bonds. The third-order valence-electron chi connectivity index (χ3n) is 3.12. The lowest BCUT2D eigenvalue weighted by Crippen LogP contribution is -2.28. The van der Waals surface area contributed by atoms with Crippen molar-refractivity contribution in [2.75, 3.05) is 12.4 Å². The summed E-state index contributed by atoms with van der Waals surface area (Å²) in [5, 5.41) is 10.9. The highest BCUT2D eigenvalue weighted by molar-refractivity contribution is 7.99. The van der Waals surface area contributed by atoms with Crippen molar-refractivity contribution in [1.29, 1.82) is 0 Å². The number of rotatable bonds is 5. The Kier molecular flexibility index (Phi) is 4.60. The maximum absolute atomic E-state index is 10.1. The molecular weight excluding hydrogens is 272 g/mol. The van der Waals surface area contributed by atoms with E-state index in [1.54, 1.807) is 11.8 Å². The van der Waals surface area contributed by atoms with Crippen molar-refractivity contribution >= 4 is 22.8 Å². The number of ether oxygens (including phenoxy) is 1. The average Bonchev–Trinajstić information content (AvgIpc) is 2.77. The molecular formula is C15H22N2O2S. The Bertz CT molecular complexity index is 575. The van der Waals surface area contributed by atoms with E-state index in [1.807, 2.05) is 45.9 Å². The number of benzene rings is 1. The minimum absolute atomic E-state index is 0.110. The first-order chi connectivity index (χ1) is 9.40. The topological polar surface area (TPSA) is 58.1 Å². The summed E-state index contributed by atoms with van der Waals surface area (Å²) >= 11 is 1.54. The van der Waals surface area contributed by atoms with E-state index >= 15 is 0 Å². The maximum Gasteiger partial charge on any atom is 0.166 e. The molecule has 2 N–H and O–H groups in total. The minimum Gasteiger partial charge on any atom is -0.494 e. The van der Waals surface area contributed by atoms with E-state index < -0.39 is 0 Å². The number of aliphatic hydroxyl groups is 1. The van der Waals surface area contributed by atoms with Crippen molar-refractivity contribution in [3.05, 3.63) is 18.2 Å². The number of fused-ring (bicyclic) bond motifs is 1. The summed E-state index contributed by atoms with van der Waals surface area (Å²) in [5.41, 5.74) is 1.77. The molecule has 2 rings (SSSR count). The second-order valence-electron chi connectivity index (χ2n) is 5.85. The van der Waals surface area contributed by atoms with E-state index in [2.05, 4.69) is 9.97 Å². The Hall–Kier alpha value is -1.20. The molecule has 110 valence electrons. The standard InChI is InChI=1S/C15H22N2O2S/c1-5-19-10-6-7-11-12(8-10)17-14(16-11)20-9-13(18)15(2,3)4/h6-8,13,18H,5,9H2,1-4H3,(H,16,17). The molecule has 0 fully saturated rings. The van der Waals surface area contributed by atoms with Gasteiger partial charge >= 0.3 is 0 Å². The van der Waals surface area contributed by atoms with Crippen molar-refractivity contribution in [1.82, 2.24) is 9.97 Å². The molecule has 1 unspecified atom stereocenters. The number of nitrogens with zero attached hydrogens (tertiary/aromatic N) is 1. The van der Waals surface area contributed by atoms with Crippen LogP contribution in [0.25, 0.3) is 11.0 Å².